The van der Waals surface area contributed by atoms with Crippen molar-refractivity contribution in [2.45, 2.75) is 25.9 Å². The Bertz CT molecular complexity index is 1500. The van der Waals surface area contributed by atoms with Crippen LogP contribution in [0, 0.1) is 20.8 Å². The number of carbonyl (C=O) groups excluding carboxylic acids is 1. The van der Waals surface area contributed by atoms with E-state index in [9.17, 15) is 9.59 Å². The molecule has 2 aromatic heterocycles. The van der Waals surface area contributed by atoms with Gasteiger partial charge in [0.1, 0.15) is 4.83 Å². The number of amides is 1. The van der Waals surface area contributed by atoms with Crippen LogP contribution in [-0.2, 0) is 0 Å². The van der Waals surface area contributed by atoms with Gasteiger partial charge < -0.3 is 5.32 Å². The molecule has 0 fully saturated rings. The van der Waals surface area contributed by atoms with E-state index in [0.29, 0.717) is 31.6 Å². The van der Waals surface area contributed by atoms with Gasteiger partial charge in [-0.2, -0.15) is 9.78 Å². The van der Waals surface area contributed by atoms with Crippen LogP contribution in [0.25, 0.3) is 10.2 Å². The van der Waals surface area contributed by atoms with Crippen LogP contribution in [0.4, 0.5) is 5.69 Å². The molecule has 3 heterocycles. The molecule has 0 aliphatic carbocycles. The van der Waals surface area contributed by atoms with Gasteiger partial charge in [0.25, 0.3) is 11.5 Å². The highest BCUT2D eigenvalue weighted by atomic mass is 79.9. The van der Waals surface area contributed by atoms with Gasteiger partial charge in [0, 0.05) is 15.9 Å². The van der Waals surface area contributed by atoms with Gasteiger partial charge in [0.05, 0.1) is 16.0 Å². The van der Waals surface area contributed by atoms with E-state index in [0.717, 1.165) is 32.6 Å². The van der Waals surface area contributed by atoms with Gasteiger partial charge in [0.2, 0.25) is 0 Å². The number of thiophene rings is 1. The van der Waals surface area contributed by atoms with Crippen molar-refractivity contribution in [1.29, 1.82) is 0 Å². The Morgan fingerprint density at radius 1 is 1.09 bits per heavy atom. The number of hydrogen-bond acceptors (Lipinski definition) is 6. The van der Waals surface area contributed by atoms with E-state index in [1.54, 1.807) is 6.92 Å². The summed E-state index contributed by atoms with van der Waals surface area (Å²) in [5.41, 5.74) is 5.02. The summed E-state index contributed by atoms with van der Waals surface area (Å²) in [6, 6.07) is 13.7. The van der Waals surface area contributed by atoms with Gasteiger partial charge in [-0.25, -0.2) is 4.98 Å². The number of nitrogens with zero attached hydrogens (tertiary/aromatic N) is 3. The summed E-state index contributed by atoms with van der Waals surface area (Å²) < 4.78 is 2.34. The van der Waals surface area contributed by atoms with Crippen LogP contribution in [0.5, 0.6) is 0 Å². The fourth-order valence-corrected chi connectivity index (χ4v) is 6.14. The van der Waals surface area contributed by atoms with Crippen LogP contribution in [0.15, 0.2) is 62.0 Å². The van der Waals surface area contributed by atoms with E-state index in [1.807, 2.05) is 50.2 Å². The summed E-state index contributed by atoms with van der Waals surface area (Å²) in [4.78, 5) is 32.1. The Morgan fingerprint density at radius 3 is 2.48 bits per heavy atom. The summed E-state index contributed by atoms with van der Waals surface area (Å²) in [7, 11) is 0. The lowest BCUT2D eigenvalue weighted by Gasteiger charge is -2.15. The minimum absolute atomic E-state index is 0.241. The highest BCUT2D eigenvalue weighted by molar-refractivity contribution is 9.10. The fourth-order valence-electron chi connectivity index (χ4n) is 3.85. The molecule has 1 aliphatic rings. The average molecular weight is 539 g/mol. The van der Waals surface area contributed by atoms with Gasteiger partial charge in [-0.3, -0.25) is 9.59 Å². The van der Waals surface area contributed by atoms with Crippen LogP contribution in [0.3, 0.4) is 0 Å². The summed E-state index contributed by atoms with van der Waals surface area (Å²) >= 11 is 6.15. The molecule has 5 rings (SSSR count). The molecule has 1 amide bonds. The van der Waals surface area contributed by atoms with Crippen LogP contribution < -0.4 is 10.9 Å². The third-order valence-corrected chi connectivity index (χ3v) is 7.99. The van der Waals surface area contributed by atoms with Crippen molar-refractivity contribution in [1.82, 2.24) is 9.66 Å². The second kappa shape index (κ2) is 8.55. The minimum Gasteiger partial charge on any atom is -0.321 e. The summed E-state index contributed by atoms with van der Waals surface area (Å²) in [5.74, 6) is 0.374. The molecule has 9 heteroatoms. The standard InChI is InChI=1S/C24H19BrN4O2S2/c1-12-8-13(2)10-17(9-12)26-21(30)20-14(3)19-22(33-20)27-24-29(23(19)31)28-18(11-32-24)15-4-6-16(25)7-5-15/h4-10H,11H2,1-3H3,(H,26,30). The summed E-state index contributed by atoms with van der Waals surface area (Å²) in [6.07, 6.45) is 0. The van der Waals surface area contributed by atoms with Gasteiger partial charge in [-0.05, 0) is 67.3 Å². The second-order valence-corrected chi connectivity index (χ2v) is 10.8. The lowest BCUT2D eigenvalue weighted by Crippen LogP contribution is -2.25. The lowest BCUT2D eigenvalue weighted by atomic mass is 10.1. The summed E-state index contributed by atoms with van der Waals surface area (Å²) in [6.45, 7) is 5.77. The molecule has 6 nitrogen and oxygen atoms in total. The second-order valence-electron chi connectivity index (χ2n) is 7.92. The Kier molecular flexibility index (Phi) is 5.72. The molecule has 166 valence electrons. The molecule has 2 aromatic carbocycles. The molecule has 0 radical (unpaired) electrons. The number of nitrogens with one attached hydrogen (secondary N) is 1. The number of thioether (sulfide) groups is 1. The van der Waals surface area contributed by atoms with Crippen molar-refractivity contribution < 1.29 is 4.79 Å². The first-order valence-corrected chi connectivity index (χ1v) is 12.8. The maximum atomic E-state index is 13.4. The molecule has 0 spiro atoms. The van der Waals surface area contributed by atoms with Gasteiger partial charge >= 0.3 is 0 Å². The van der Waals surface area contributed by atoms with Crippen molar-refractivity contribution in [3.8, 4) is 0 Å². The normalized spacial score (nSPS) is 13.0. The van der Waals surface area contributed by atoms with E-state index in [2.05, 4.69) is 37.4 Å². The maximum absolute atomic E-state index is 13.4. The smallest absolute Gasteiger partial charge is 0.283 e. The third kappa shape index (κ3) is 4.16. The molecule has 0 bridgehead atoms. The first-order valence-electron chi connectivity index (χ1n) is 10.2. The molecule has 4 aromatic rings. The van der Waals surface area contributed by atoms with Crippen molar-refractivity contribution in [3.63, 3.8) is 0 Å². The van der Waals surface area contributed by atoms with Crippen molar-refractivity contribution in [3.05, 3.63) is 84.4 Å². The Hall–Kier alpha value is -2.75. The van der Waals surface area contributed by atoms with Crippen LogP contribution >= 0.6 is 39.0 Å². The third-order valence-electron chi connectivity index (χ3n) is 5.33. The maximum Gasteiger partial charge on any atom is 0.283 e. The van der Waals surface area contributed by atoms with E-state index in [-0.39, 0.29) is 11.5 Å². The van der Waals surface area contributed by atoms with E-state index in [1.165, 1.54) is 27.8 Å². The topological polar surface area (TPSA) is 76.3 Å². The molecule has 0 saturated carbocycles. The fraction of sp³-hybridized carbons (Fsp3) is 0.167. The predicted molar refractivity (Wildman–Crippen MR) is 139 cm³/mol. The average Bonchev–Trinajstić information content (AvgIpc) is 3.10. The molecule has 0 atom stereocenters. The Balaban J connectivity index is 1.55. The van der Waals surface area contributed by atoms with Crippen LogP contribution in [0.1, 0.15) is 31.9 Å². The molecule has 0 unspecified atom stereocenters. The van der Waals surface area contributed by atoms with E-state index < -0.39 is 0 Å². The van der Waals surface area contributed by atoms with Crippen molar-refractivity contribution in [2.24, 2.45) is 5.10 Å². The number of hydrogen-bond donors (Lipinski definition) is 1. The van der Waals surface area contributed by atoms with Crippen molar-refractivity contribution >= 4 is 66.6 Å². The van der Waals surface area contributed by atoms with Crippen LogP contribution in [-0.4, -0.2) is 27.0 Å². The van der Waals surface area contributed by atoms with Gasteiger partial charge in [0.15, 0.2) is 5.16 Å². The Morgan fingerprint density at radius 2 is 1.79 bits per heavy atom. The van der Waals surface area contributed by atoms with Gasteiger partial charge in [-0.15, -0.1) is 11.3 Å². The monoisotopic (exact) mass is 538 g/mol. The number of aryl methyl sites for hydroxylation is 3. The van der Waals surface area contributed by atoms with E-state index >= 15 is 0 Å². The minimum atomic E-state index is -0.254. The lowest BCUT2D eigenvalue weighted by molar-refractivity contribution is 0.103. The highest BCUT2D eigenvalue weighted by Gasteiger charge is 2.24. The SMILES string of the molecule is Cc1cc(C)cc(NC(=O)c2sc3nc4n(c(=O)c3c2C)N=C(c2ccc(Br)cc2)CS4)c1. The van der Waals surface area contributed by atoms with Crippen LogP contribution in [0.2, 0.25) is 0 Å². The number of benzene rings is 2. The van der Waals surface area contributed by atoms with E-state index in [4.69, 9.17) is 0 Å². The summed E-state index contributed by atoms with van der Waals surface area (Å²) in [5, 5.41) is 8.54. The number of anilines is 1. The predicted octanol–water partition coefficient (Wildman–Crippen LogP) is 5.76. The quantitative estimate of drug-likeness (QED) is 0.336. The molecule has 0 saturated heterocycles. The Labute approximate surface area is 206 Å². The molecular formula is C24H19BrN4O2S2. The van der Waals surface area contributed by atoms with Gasteiger partial charge in [-0.1, -0.05) is 45.9 Å². The largest absolute Gasteiger partial charge is 0.321 e. The zero-order valence-corrected chi connectivity index (χ0v) is 21.3. The van der Waals surface area contributed by atoms with Crippen molar-refractivity contribution in [2.75, 3.05) is 11.1 Å². The zero-order valence-electron chi connectivity index (χ0n) is 18.1. The number of fused-ring (bicyclic) bond motifs is 2. The number of rotatable bonds is 3. The number of carbonyl (C=O) groups is 1. The highest BCUT2D eigenvalue weighted by Crippen LogP contribution is 2.31. The molecular weight excluding hydrogens is 520 g/mol. The molecule has 1 N–H and O–H groups in total. The molecule has 33 heavy (non-hydrogen) atoms. The first-order chi connectivity index (χ1) is 15.8. The molecule has 1 aliphatic heterocycles. The first kappa shape index (κ1) is 22.1. The number of aromatic nitrogens is 2. The zero-order chi connectivity index (χ0) is 23.3. The number of halogens is 1.